The monoisotopic (exact) mass is 588 g/mol. The Morgan fingerprint density at radius 3 is 2.28 bits per heavy atom. The first-order chi connectivity index (χ1) is 18.6. The minimum absolute atomic E-state index is 0.0649. The molecule has 1 saturated heterocycles. The van der Waals surface area contributed by atoms with Crippen molar-refractivity contribution in [3.8, 4) is 0 Å². The summed E-state index contributed by atoms with van der Waals surface area (Å²) in [6.45, 7) is 1.48. The molecule has 1 heterocycles. The topological polar surface area (TPSA) is 133 Å². The average molecular weight is 590 g/mol. The number of halogens is 2. The molecule has 0 aromatic heterocycles. The van der Waals surface area contributed by atoms with Crippen LogP contribution in [-0.4, -0.2) is 51.7 Å². The van der Waals surface area contributed by atoms with Crippen molar-refractivity contribution >= 4 is 56.5 Å². The summed E-state index contributed by atoms with van der Waals surface area (Å²) in [5.74, 6) is -1.28. The van der Waals surface area contributed by atoms with Gasteiger partial charge in [-0.1, -0.05) is 35.3 Å². The lowest BCUT2D eigenvalue weighted by molar-refractivity contribution is -0.121. The van der Waals surface area contributed by atoms with Crippen molar-refractivity contribution in [2.75, 3.05) is 24.4 Å². The Morgan fingerprint density at radius 1 is 0.897 bits per heavy atom. The number of sulfonamides is 1. The molecule has 204 valence electrons. The third-order valence-corrected chi connectivity index (χ3v) is 8.06. The van der Waals surface area contributed by atoms with E-state index in [0.29, 0.717) is 5.02 Å². The van der Waals surface area contributed by atoms with Gasteiger partial charge in [-0.3, -0.25) is 19.1 Å². The van der Waals surface area contributed by atoms with E-state index in [0.717, 1.165) is 25.9 Å². The number of carbonyl (C=O) groups excluding carboxylic acids is 3. The SMILES string of the molecule is O=C(CNC(=O)c1ccc(S(=O)(=O)Nc2ccccc2C(=O)c2ccc(Cl)cc2Cl)cc1)NC1CCNCC1. The van der Waals surface area contributed by atoms with Crippen molar-refractivity contribution < 1.29 is 22.8 Å². The molecule has 39 heavy (non-hydrogen) atoms. The molecule has 0 unspecified atom stereocenters. The molecule has 9 nitrogen and oxygen atoms in total. The molecule has 2 amide bonds. The zero-order chi connectivity index (χ0) is 28.0. The Balaban J connectivity index is 1.42. The highest BCUT2D eigenvalue weighted by Crippen LogP contribution is 2.27. The summed E-state index contributed by atoms with van der Waals surface area (Å²) >= 11 is 12.1. The summed E-state index contributed by atoms with van der Waals surface area (Å²) in [5, 5.41) is 9.15. The van der Waals surface area contributed by atoms with Gasteiger partial charge >= 0.3 is 0 Å². The summed E-state index contributed by atoms with van der Waals surface area (Å²) in [6.07, 6.45) is 1.66. The molecule has 12 heteroatoms. The summed E-state index contributed by atoms with van der Waals surface area (Å²) in [4.78, 5) is 37.6. The van der Waals surface area contributed by atoms with Crippen LogP contribution in [0.4, 0.5) is 5.69 Å². The maximum atomic E-state index is 13.1. The second kappa shape index (κ2) is 12.6. The summed E-state index contributed by atoms with van der Waals surface area (Å²) in [6, 6.07) is 15.9. The average Bonchev–Trinajstić information content (AvgIpc) is 2.92. The van der Waals surface area contributed by atoms with Gasteiger partial charge < -0.3 is 16.0 Å². The van der Waals surface area contributed by atoms with E-state index >= 15 is 0 Å². The number of rotatable bonds is 9. The molecular formula is C27H26Cl2N4O5S. The maximum Gasteiger partial charge on any atom is 0.261 e. The van der Waals surface area contributed by atoms with E-state index in [-0.39, 0.29) is 50.8 Å². The van der Waals surface area contributed by atoms with Crippen LogP contribution in [0.2, 0.25) is 10.0 Å². The molecule has 1 fully saturated rings. The van der Waals surface area contributed by atoms with Gasteiger partial charge in [0.25, 0.3) is 15.9 Å². The van der Waals surface area contributed by atoms with E-state index in [1.165, 1.54) is 54.6 Å². The van der Waals surface area contributed by atoms with E-state index < -0.39 is 21.7 Å². The molecule has 3 aromatic rings. The fraction of sp³-hybridized carbons (Fsp3) is 0.222. The Hall–Kier alpha value is -3.44. The maximum absolute atomic E-state index is 13.1. The first kappa shape index (κ1) is 28.6. The second-order valence-electron chi connectivity index (χ2n) is 8.90. The molecule has 0 saturated carbocycles. The Labute approximate surface area is 236 Å². The van der Waals surface area contributed by atoms with Crippen LogP contribution in [0.3, 0.4) is 0 Å². The van der Waals surface area contributed by atoms with Crippen LogP contribution in [0.15, 0.2) is 71.6 Å². The molecular weight excluding hydrogens is 563 g/mol. The molecule has 4 rings (SSSR count). The highest BCUT2D eigenvalue weighted by atomic mass is 35.5. The van der Waals surface area contributed by atoms with Gasteiger partial charge in [-0.15, -0.1) is 0 Å². The normalized spacial score (nSPS) is 13.9. The van der Waals surface area contributed by atoms with E-state index in [4.69, 9.17) is 23.2 Å². The summed E-state index contributed by atoms with van der Waals surface area (Å²) < 4.78 is 28.6. The molecule has 3 aromatic carbocycles. The quantitative estimate of drug-likeness (QED) is 0.282. The predicted molar refractivity (Wildman–Crippen MR) is 150 cm³/mol. The molecule has 0 radical (unpaired) electrons. The molecule has 0 spiro atoms. The van der Waals surface area contributed by atoms with Crippen LogP contribution in [0, 0.1) is 0 Å². The van der Waals surface area contributed by atoms with Gasteiger partial charge in [0.1, 0.15) is 0 Å². The fourth-order valence-electron chi connectivity index (χ4n) is 4.09. The number of hydrogen-bond acceptors (Lipinski definition) is 6. The number of anilines is 1. The van der Waals surface area contributed by atoms with Crippen LogP contribution in [0.1, 0.15) is 39.1 Å². The minimum atomic E-state index is -4.11. The van der Waals surface area contributed by atoms with Crippen LogP contribution < -0.4 is 20.7 Å². The lowest BCUT2D eigenvalue weighted by Crippen LogP contribution is -2.46. The van der Waals surface area contributed by atoms with Crippen LogP contribution in [0.5, 0.6) is 0 Å². The van der Waals surface area contributed by atoms with Gasteiger partial charge in [-0.05, 0) is 80.5 Å². The van der Waals surface area contributed by atoms with Crippen molar-refractivity contribution in [2.24, 2.45) is 0 Å². The van der Waals surface area contributed by atoms with Gasteiger partial charge in [-0.2, -0.15) is 0 Å². The van der Waals surface area contributed by atoms with Crippen molar-refractivity contribution in [3.63, 3.8) is 0 Å². The van der Waals surface area contributed by atoms with E-state index in [2.05, 4.69) is 20.7 Å². The number of benzene rings is 3. The molecule has 0 aliphatic carbocycles. The van der Waals surface area contributed by atoms with Crippen LogP contribution in [0.25, 0.3) is 0 Å². The summed E-state index contributed by atoms with van der Waals surface area (Å²) in [7, 11) is -4.11. The third kappa shape index (κ3) is 7.36. The van der Waals surface area contributed by atoms with Crippen LogP contribution >= 0.6 is 23.2 Å². The van der Waals surface area contributed by atoms with E-state index in [1.54, 1.807) is 12.1 Å². The van der Waals surface area contributed by atoms with Gasteiger partial charge in [-0.25, -0.2) is 8.42 Å². The number of piperidine rings is 1. The minimum Gasteiger partial charge on any atom is -0.352 e. The largest absolute Gasteiger partial charge is 0.352 e. The van der Waals surface area contributed by atoms with Crippen molar-refractivity contribution in [1.29, 1.82) is 0 Å². The van der Waals surface area contributed by atoms with Crippen molar-refractivity contribution in [3.05, 3.63) is 93.5 Å². The van der Waals surface area contributed by atoms with Crippen LogP contribution in [-0.2, 0) is 14.8 Å². The van der Waals surface area contributed by atoms with Gasteiger partial charge in [0, 0.05) is 27.8 Å². The van der Waals surface area contributed by atoms with E-state index in [9.17, 15) is 22.8 Å². The van der Waals surface area contributed by atoms with Crippen molar-refractivity contribution in [1.82, 2.24) is 16.0 Å². The van der Waals surface area contributed by atoms with Crippen molar-refractivity contribution in [2.45, 2.75) is 23.8 Å². The molecule has 1 aliphatic rings. The number of amides is 2. The zero-order valence-corrected chi connectivity index (χ0v) is 23.0. The lowest BCUT2D eigenvalue weighted by atomic mass is 10.0. The smallest absolute Gasteiger partial charge is 0.261 e. The Kier molecular flexibility index (Phi) is 9.24. The second-order valence-corrected chi connectivity index (χ2v) is 11.4. The standard InChI is InChI=1S/C27H26Cl2N4O5S/c28-18-7-10-21(23(29)15-18)26(35)22-3-1-2-4-24(22)33-39(37,38)20-8-5-17(6-9-20)27(36)31-16-25(34)32-19-11-13-30-14-12-19/h1-10,15,19,30,33H,11-14,16H2,(H,31,36)(H,32,34). The van der Waals surface area contributed by atoms with E-state index in [1.807, 2.05) is 0 Å². The Bertz CT molecular complexity index is 1490. The number of nitrogens with one attached hydrogen (secondary N) is 4. The highest BCUT2D eigenvalue weighted by Gasteiger charge is 2.22. The molecule has 4 N–H and O–H groups in total. The van der Waals surface area contributed by atoms with Gasteiger partial charge in [0.15, 0.2) is 5.78 Å². The number of ketones is 1. The molecule has 1 aliphatic heterocycles. The summed E-state index contributed by atoms with van der Waals surface area (Å²) in [5.41, 5.74) is 0.531. The van der Waals surface area contributed by atoms with Gasteiger partial charge in [0.2, 0.25) is 5.91 Å². The Morgan fingerprint density at radius 2 is 1.59 bits per heavy atom. The fourth-order valence-corrected chi connectivity index (χ4v) is 5.66. The number of para-hydroxylation sites is 1. The first-order valence-electron chi connectivity index (χ1n) is 12.1. The molecule has 0 atom stereocenters. The highest BCUT2D eigenvalue weighted by molar-refractivity contribution is 7.92. The van der Waals surface area contributed by atoms with Gasteiger partial charge in [0.05, 0.1) is 22.2 Å². The first-order valence-corrected chi connectivity index (χ1v) is 14.4. The number of hydrogen-bond donors (Lipinski definition) is 4. The molecule has 0 bridgehead atoms. The number of carbonyl (C=O) groups is 3. The third-order valence-electron chi connectivity index (χ3n) is 6.13. The predicted octanol–water partition coefficient (Wildman–Crippen LogP) is 3.62. The lowest BCUT2D eigenvalue weighted by Gasteiger charge is -2.23. The zero-order valence-electron chi connectivity index (χ0n) is 20.7.